The molecule has 1 atom stereocenters. The van der Waals surface area contributed by atoms with Crippen LogP contribution >= 0.6 is 0 Å². The van der Waals surface area contributed by atoms with Gasteiger partial charge in [-0.25, -0.2) is 0 Å². The Kier molecular flexibility index (Phi) is 3.49. The molecule has 0 aliphatic carbocycles. The fourth-order valence-electron chi connectivity index (χ4n) is 2.25. The molecule has 96 valence electrons. The monoisotopic (exact) mass is 238 g/mol. The molecule has 1 saturated heterocycles. The lowest BCUT2D eigenvalue weighted by Gasteiger charge is -2.35. The molecule has 0 radical (unpaired) electrons. The van der Waals surface area contributed by atoms with Crippen molar-refractivity contribution in [1.29, 1.82) is 0 Å². The SMILES string of the molecule is Cc1nnc(CNC2CCOC(C)(C)C2)n1C. The average Bonchev–Trinajstić information content (AvgIpc) is 2.56. The highest BCUT2D eigenvalue weighted by molar-refractivity contribution is 4.93. The standard InChI is InChI=1S/C12H22N4O/c1-9-14-15-11(16(9)4)8-13-10-5-6-17-12(2,3)7-10/h10,13H,5-8H2,1-4H3. The van der Waals surface area contributed by atoms with E-state index >= 15 is 0 Å². The van der Waals surface area contributed by atoms with Crippen LogP contribution in [0.3, 0.4) is 0 Å². The maximum Gasteiger partial charge on any atom is 0.146 e. The van der Waals surface area contributed by atoms with Crippen LogP contribution in [0.5, 0.6) is 0 Å². The first-order valence-electron chi connectivity index (χ1n) is 6.20. The van der Waals surface area contributed by atoms with Crippen LogP contribution in [0.1, 0.15) is 38.3 Å². The van der Waals surface area contributed by atoms with Gasteiger partial charge in [-0.2, -0.15) is 0 Å². The first kappa shape index (κ1) is 12.5. The van der Waals surface area contributed by atoms with Crippen molar-refractivity contribution >= 4 is 0 Å². The summed E-state index contributed by atoms with van der Waals surface area (Å²) in [6.45, 7) is 7.87. The topological polar surface area (TPSA) is 52.0 Å². The number of rotatable bonds is 3. The number of hydrogen-bond donors (Lipinski definition) is 1. The summed E-state index contributed by atoms with van der Waals surface area (Å²) < 4.78 is 7.73. The Morgan fingerprint density at radius 3 is 2.82 bits per heavy atom. The third-order valence-electron chi connectivity index (χ3n) is 3.43. The van der Waals surface area contributed by atoms with E-state index in [9.17, 15) is 0 Å². The zero-order chi connectivity index (χ0) is 12.5. The molecule has 1 aliphatic rings. The van der Waals surface area contributed by atoms with E-state index in [2.05, 4.69) is 29.4 Å². The highest BCUT2D eigenvalue weighted by Crippen LogP contribution is 2.23. The molecule has 1 aromatic rings. The highest BCUT2D eigenvalue weighted by Gasteiger charge is 2.28. The number of nitrogens with one attached hydrogen (secondary N) is 1. The molecule has 1 aromatic heterocycles. The summed E-state index contributed by atoms with van der Waals surface area (Å²) in [5.74, 6) is 1.95. The van der Waals surface area contributed by atoms with Crippen LogP contribution in [0, 0.1) is 6.92 Å². The Morgan fingerprint density at radius 1 is 1.47 bits per heavy atom. The third-order valence-corrected chi connectivity index (χ3v) is 3.43. The molecule has 1 fully saturated rings. The van der Waals surface area contributed by atoms with E-state index in [1.807, 2.05) is 18.5 Å². The van der Waals surface area contributed by atoms with Gasteiger partial charge in [0.15, 0.2) is 0 Å². The van der Waals surface area contributed by atoms with Crippen molar-refractivity contribution in [2.24, 2.45) is 7.05 Å². The predicted octanol–water partition coefficient (Wildman–Crippen LogP) is 1.17. The predicted molar refractivity (Wildman–Crippen MR) is 65.6 cm³/mol. The third kappa shape index (κ3) is 3.04. The summed E-state index contributed by atoms with van der Waals surface area (Å²) in [6.07, 6.45) is 2.12. The van der Waals surface area contributed by atoms with Gasteiger partial charge in [-0.1, -0.05) is 0 Å². The molecule has 17 heavy (non-hydrogen) atoms. The van der Waals surface area contributed by atoms with Crippen LogP contribution in [0.15, 0.2) is 0 Å². The van der Waals surface area contributed by atoms with Gasteiger partial charge in [0.05, 0.1) is 12.1 Å². The number of aromatic nitrogens is 3. The molecule has 0 saturated carbocycles. The van der Waals surface area contributed by atoms with Crippen LogP contribution < -0.4 is 5.32 Å². The number of nitrogens with zero attached hydrogens (tertiary/aromatic N) is 3. The summed E-state index contributed by atoms with van der Waals surface area (Å²) in [5, 5.41) is 11.8. The molecule has 2 heterocycles. The van der Waals surface area contributed by atoms with Crippen molar-refractivity contribution in [3.05, 3.63) is 11.6 Å². The van der Waals surface area contributed by atoms with Crippen LogP contribution in [0.4, 0.5) is 0 Å². The Labute approximate surface area is 103 Å². The largest absolute Gasteiger partial charge is 0.375 e. The Bertz CT molecular complexity index is 386. The summed E-state index contributed by atoms with van der Waals surface area (Å²) in [4.78, 5) is 0. The number of aryl methyl sites for hydroxylation is 1. The van der Waals surface area contributed by atoms with Gasteiger partial charge in [0.2, 0.25) is 0 Å². The second-order valence-electron chi connectivity index (χ2n) is 5.40. The number of hydrogen-bond acceptors (Lipinski definition) is 4. The minimum atomic E-state index is -0.00821. The van der Waals surface area contributed by atoms with Gasteiger partial charge in [0, 0.05) is 19.7 Å². The minimum absolute atomic E-state index is 0.00821. The summed E-state index contributed by atoms with van der Waals surface area (Å²) >= 11 is 0. The Hall–Kier alpha value is -0.940. The Balaban J connectivity index is 1.88. The molecule has 5 heteroatoms. The fourth-order valence-corrected chi connectivity index (χ4v) is 2.25. The first-order valence-corrected chi connectivity index (χ1v) is 6.20. The van der Waals surface area contributed by atoms with E-state index < -0.39 is 0 Å². The molecule has 0 bridgehead atoms. The summed E-state index contributed by atoms with van der Waals surface area (Å²) in [6, 6.07) is 0.510. The van der Waals surface area contributed by atoms with Crippen molar-refractivity contribution in [3.8, 4) is 0 Å². The quantitative estimate of drug-likeness (QED) is 0.859. The van der Waals surface area contributed by atoms with Crippen LogP contribution in [0.25, 0.3) is 0 Å². The van der Waals surface area contributed by atoms with Gasteiger partial charge in [-0.15, -0.1) is 10.2 Å². The lowest BCUT2D eigenvalue weighted by Crippen LogP contribution is -2.43. The number of ether oxygens (including phenoxy) is 1. The average molecular weight is 238 g/mol. The molecule has 1 N–H and O–H groups in total. The van der Waals surface area contributed by atoms with E-state index in [0.29, 0.717) is 6.04 Å². The van der Waals surface area contributed by atoms with Crippen molar-refractivity contribution < 1.29 is 4.74 Å². The van der Waals surface area contributed by atoms with E-state index in [4.69, 9.17) is 4.74 Å². The van der Waals surface area contributed by atoms with E-state index in [1.54, 1.807) is 0 Å². The fraction of sp³-hybridized carbons (Fsp3) is 0.833. The summed E-state index contributed by atoms with van der Waals surface area (Å²) in [7, 11) is 2.00. The van der Waals surface area contributed by atoms with Gasteiger partial charge in [0.25, 0.3) is 0 Å². The van der Waals surface area contributed by atoms with Gasteiger partial charge in [-0.05, 0) is 33.6 Å². The normalized spacial score (nSPS) is 23.9. The summed E-state index contributed by atoms with van der Waals surface area (Å²) in [5.41, 5.74) is -0.00821. The van der Waals surface area contributed by atoms with Crippen LogP contribution in [-0.4, -0.2) is 33.0 Å². The lowest BCUT2D eigenvalue weighted by atomic mass is 9.94. The molecule has 0 aromatic carbocycles. The van der Waals surface area contributed by atoms with Crippen molar-refractivity contribution in [2.75, 3.05) is 6.61 Å². The van der Waals surface area contributed by atoms with Gasteiger partial charge < -0.3 is 14.6 Å². The zero-order valence-corrected chi connectivity index (χ0v) is 11.2. The van der Waals surface area contributed by atoms with Gasteiger partial charge in [-0.3, -0.25) is 0 Å². The van der Waals surface area contributed by atoms with Crippen LogP contribution in [0.2, 0.25) is 0 Å². The highest BCUT2D eigenvalue weighted by atomic mass is 16.5. The van der Waals surface area contributed by atoms with Crippen LogP contribution in [-0.2, 0) is 18.3 Å². The zero-order valence-electron chi connectivity index (χ0n) is 11.2. The maximum atomic E-state index is 5.70. The second kappa shape index (κ2) is 4.74. The van der Waals surface area contributed by atoms with Gasteiger partial charge >= 0.3 is 0 Å². The molecular weight excluding hydrogens is 216 g/mol. The first-order chi connectivity index (χ1) is 7.98. The van der Waals surface area contributed by atoms with E-state index in [-0.39, 0.29) is 5.60 Å². The minimum Gasteiger partial charge on any atom is -0.375 e. The van der Waals surface area contributed by atoms with Gasteiger partial charge in [0.1, 0.15) is 11.6 Å². The molecule has 0 spiro atoms. The lowest BCUT2D eigenvalue weighted by molar-refractivity contribution is -0.0631. The maximum absolute atomic E-state index is 5.70. The molecular formula is C12H22N4O. The molecule has 1 aliphatic heterocycles. The Morgan fingerprint density at radius 2 is 2.24 bits per heavy atom. The molecule has 5 nitrogen and oxygen atoms in total. The molecule has 0 amide bonds. The van der Waals surface area contributed by atoms with E-state index in [1.165, 1.54) is 0 Å². The van der Waals surface area contributed by atoms with Crippen molar-refractivity contribution in [1.82, 2.24) is 20.1 Å². The second-order valence-corrected chi connectivity index (χ2v) is 5.40. The smallest absolute Gasteiger partial charge is 0.146 e. The van der Waals surface area contributed by atoms with Crippen molar-refractivity contribution in [3.63, 3.8) is 0 Å². The molecule has 2 rings (SSSR count). The molecule has 1 unspecified atom stereocenters. The van der Waals surface area contributed by atoms with E-state index in [0.717, 1.165) is 37.6 Å². The van der Waals surface area contributed by atoms with Crippen molar-refractivity contribution in [2.45, 2.75) is 51.8 Å².